The fourth-order valence-corrected chi connectivity index (χ4v) is 2.92. The maximum atomic E-state index is 9.02. The first-order valence-corrected chi connectivity index (χ1v) is 9.36. The van der Waals surface area contributed by atoms with E-state index in [1.807, 2.05) is 36.4 Å². The lowest BCUT2D eigenvalue weighted by Crippen LogP contribution is -2.07. The highest BCUT2D eigenvalue weighted by Gasteiger charge is 2.05. The molecule has 0 aliphatic carbocycles. The minimum Gasteiger partial charge on any atom is -0.496 e. The monoisotopic (exact) mass is 405 g/mol. The largest absolute Gasteiger partial charge is 0.496 e. The molecule has 0 aliphatic rings. The number of nitrogens with zero attached hydrogens (tertiary/aromatic N) is 2. The van der Waals surface area contributed by atoms with Crippen molar-refractivity contribution in [3.05, 3.63) is 94.0 Å². The standard InChI is InChI=1S/C23H20ClN3O2/c1-28-22-8-3-2-7-19(22)14-26-27-15-20-12-21(24)9-10-23(20)29-16-18-6-4-5-17(11-18)13-25/h2-12,15,26H,14,16H2,1H3/b27-15-. The van der Waals surface area contributed by atoms with Crippen molar-refractivity contribution in [2.45, 2.75) is 13.2 Å². The summed E-state index contributed by atoms with van der Waals surface area (Å²) in [6.07, 6.45) is 1.67. The van der Waals surface area contributed by atoms with Crippen LogP contribution >= 0.6 is 11.6 Å². The molecule has 146 valence electrons. The Morgan fingerprint density at radius 2 is 1.93 bits per heavy atom. The highest BCUT2D eigenvalue weighted by atomic mass is 35.5. The molecule has 29 heavy (non-hydrogen) atoms. The lowest BCUT2D eigenvalue weighted by Gasteiger charge is -2.10. The van der Waals surface area contributed by atoms with E-state index in [0.717, 1.165) is 22.4 Å². The van der Waals surface area contributed by atoms with Gasteiger partial charge < -0.3 is 14.9 Å². The van der Waals surface area contributed by atoms with Gasteiger partial charge in [-0.1, -0.05) is 41.9 Å². The van der Waals surface area contributed by atoms with Crippen molar-refractivity contribution in [1.82, 2.24) is 5.43 Å². The molecule has 6 heteroatoms. The van der Waals surface area contributed by atoms with Gasteiger partial charge in [0.25, 0.3) is 0 Å². The van der Waals surface area contributed by atoms with Crippen molar-refractivity contribution in [1.29, 1.82) is 5.26 Å². The molecule has 0 spiro atoms. The zero-order valence-corrected chi connectivity index (χ0v) is 16.7. The normalized spacial score (nSPS) is 10.5. The minimum absolute atomic E-state index is 0.340. The second-order valence-corrected chi connectivity index (χ2v) is 6.62. The van der Waals surface area contributed by atoms with E-state index in [0.29, 0.717) is 29.5 Å². The van der Waals surface area contributed by atoms with E-state index >= 15 is 0 Å². The molecule has 5 nitrogen and oxygen atoms in total. The molecule has 0 aliphatic heterocycles. The average molecular weight is 406 g/mol. The molecule has 0 aromatic heterocycles. The SMILES string of the molecule is COc1ccccc1CN/N=C\c1cc(Cl)ccc1OCc1cccc(C#N)c1. The maximum Gasteiger partial charge on any atom is 0.128 e. The molecule has 3 aromatic rings. The number of benzene rings is 3. The van der Waals surface area contributed by atoms with Crippen LogP contribution in [-0.4, -0.2) is 13.3 Å². The Morgan fingerprint density at radius 3 is 2.76 bits per heavy atom. The van der Waals surface area contributed by atoms with Crippen molar-refractivity contribution < 1.29 is 9.47 Å². The summed E-state index contributed by atoms with van der Waals surface area (Å²) in [7, 11) is 1.64. The molecule has 0 saturated heterocycles. The molecule has 0 unspecified atom stereocenters. The van der Waals surface area contributed by atoms with Gasteiger partial charge in [-0.3, -0.25) is 0 Å². The van der Waals surface area contributed by atoms with Gasteiger partial charge in [-0.25, -0.2) is 0 Å². The highest BCUT2D eigenvalue weighted by Crippen LogP contribution is 2.23. The topological polar surface area (TPSA) is 66.6 Å². The number of halogens is 1. The summed E-state index contributed by atoms with van der Waals surface area (Å²) in [5.74, 6) is 1.46. The predicted octanol–water partition coefficient (Wildman–Crippen LogP) is 4.92. The molecular weight excluding hydrogens is 386 g/mol. The second-order valence-electron chi connectivity index (χ2n) is 6.19. The van der Waals surface area contributed by atoms with Crippen molar-refractivity contribution in [3.8, 4) is 17.6 Å². The summed E-state index contributed by atoms with van der Waals surface area (Å²) >= 11 is 6.13. The minimum atomic E-state index is 0.340. The zero-order chi connectivity index (χ0) is 20.5. The number of hydrogen-bond donors (Lipinski definition) is 1. The van der Waals surface area contributed by atoms with Crippen LogP contribution < -0.4 is 14.9 Å². The number of nitrogens with one attached hydrogen (secondary N) is 1. The molecule has 0 atom stereocenters. The summed E-state index contributed by atoms with van der Waals surface area (Å²) in [5, 5.41) is 13.9. The van der Waals surface area contributed by atoms with Gasteiger partial charge in [0, 0.05) is 16.1 Å². The Morgan fingerprint density at radius 1 is 1.07 bits per heavy atom. The number of methoxy groups -OCH3 is 1. The third kappa shape index (κ3) is 5.74. The van der Waals surface area contributed by atoms with Crippen LogP contribution in [0.4, 0.5) is 0 Å². The van der Waals surface area contributed by atoms with Gasteiger partial charge in [-0.05, 0) is 42.0 Å². The summed E-state index contributed by atoms with van der Waals surface area (Å²) in [5.41, 5.74) is 6.29. The molecule has 0 radical (unpaired) electrons. The zero-order valence-electron chi connectivity index (χ0n) is 15.9. The van der Waals surface area contributed by atoms with Crippen molar-refractivity contribution in [2.75, 3.05) is 7.11 Å². The van der Waals surface area contributed by atoms with Crippen LogP contribution in [0.3, 0.4) is 0 Å². The number of nitriles is 1. The second kappa shape index (κ2) is 10.2. The molecule has 1 N–H and O–H groups in total. The van der Waals surface area contributed by atoms with Gasteiger partial charge >= 0.3 is 0 Å². The van der Waals surface area contributed by atoms with Gasteiger partial charge in [0.15, 0.2) is 0 Å². The Bertz CT molecular complexity index is 1040. The Labute approximate surface area is 175 Å². The molecular formula is C23H20ClN3O2. The number of rotatable bonds is 8. The fraction of sp³-hybridized carbons (Fsp3) is 0.130. The van der Waals surface area contributed by atoms with Crippen molar-refractivity contribution in [2.24, 2.45) is 5.10 Å². The number of ether oxygens (including phenoxy) is 2. The summed E-state index contributed by atoms with van der Waals surface area (Å²) in [6, 6.07) is 22.6. The van der Waals surface area contributed by atoms with Crippen LogP contribution in [0.25, 0.3) is 0 Å². The first kappa shape index (κ1) is 20.2. The average Bonchev–Trinajstić information content (AvgIpc) is 2.76. The van der Waals surface area contributed by atoms with Crippen molar-refractivity contribution >= 4 is 17.8 Å². The van der Waals surface area contributed by atoms with E-state index in [-0.39, 0.29) is 0 Å². The quantitative estimate of drug-likeness (QED) is 0.426. The van der Waals surface area contributed by atoms with Crippen LogP contribution in [0, 0.1) is 11.3 Å². The Hall–Kier alpha value is -3.49. The van der Waals surface area contributed by atoms with Gasteiger partial charge in [-0.15, -0.1) is 0 Å². The maximum absolute atomic E-state index is 9.02. The van der Waals surface area contributed by atoms with Crippen LogP contribution in [0.5, 0.6) is 11.5 Å². The summed E-state index contributed by atoms with van der Waals surface area (Å²) in [4.78, 5) is 0. The number of para-hydroxylation sites is 1. The highest BCUT2D eigenvalue weighted by molar-refractivity contribution is 6.30. The van der Waals surface area contributed by atoms with Crippen LogP contribution in [0.2, 0.25) is 5.02 Å². The summed E-state index contributed by atoms with van der Waals surface area (Å²) < 4.78 is 11.3. The van der Waals surface area contributed by atoms with Crippen LogP contribution in [0.15, 0.2) is 71.8 Å². The molecule has 0 amide bonds. The van der Waals surface area contributed by atoms with Crippen LogP contribution in [-0.2, 0) is 13.2 Å². The molecule has 0 bridgehead atoms. The number of hydrogen-bond acceptors (Lipinski definition) is 5. The smallest absolute Gasteiger partial charge is 0.128 e. The van der Waals surface area contributed by atoms with Crippen molar-refractivity contribution in [3.63, 3.8) is 0 Å². The lowest BCUT2D eigenvalue weighted by atomic mass is 10.1. The van der Waals surface area contributed by atoms with E-state index in [2.05, 4.69) is 16.6 Å². The molecule has 0 saturated carbocycles. The van der Waals surface area contributed by atoms with Crippen LogP contribution in [0.1, 0.15) is 22.3 Å². The van der Waals surface area contributed by atoms with Gasteiger partial charge in [0.05, 0.1) is 31.5 Å². The lowest BCUT2D eigenvalue weighted by molar-refractivity contribution is 0.306. The molecule has 3 rings (SSSR count). The first-order chi connectivity index (χ1) is 14.2. The number of hydrazone groups is 1. The first-order valence-electron chi connectivity index (χ1n) is 8.99. The van der Waals surface area contributed by atoms with E-state index in [1.165, 1.54) is 0 Å². The fourth-order valence-electron chi connectivity index (χ4n) is 2.74. The molecule has 3 aromatic carbocycles. The van der Waals surface area contributed by atoms with Gasteiger partial charge in [0.2, 0.25) is 0 Å². The van der Waals surface area contributed by atoms with E-state index in [4.69, 9.17) is 26.3 Å². The van der Waals surface area contributed by atoms with E-state index in [9.17, 15) is 0 Å². The van der Waals surface area contributed by atoms with Gasteiger partial charge in [-0.2, -0.15) is 10.4 Å². The van der Waals surface area contributed by atoms with E-state index in [1.54, 1.807) is 43.7 Å². The predicted molar refractivity (Wildman–Crippen MR) is 114 cm³/mol. The van der Waals surface area contributed by atoms with Gasteiger partial charge in [0.1, 0.15) is 18.1 Å². The summed E-state index contributed by atoms with van der Waals surface area (Å²) in [6.45, 7) is 0.866. The molecule has 0 heterocycles. The third-order valence-electron chi connectivity index (χ3n) is 4.18. The van der Waals surface area contributed by atoms with E-state index < -0.39 is 0 Å². The Kier molecular flexibility index (Phi) is 7.10. The third-order valence-corrected chi connectivity index (χ3v) is 4.41. The molecule has 0 fully saturated rings. The Balaban J connectivity index is 1.66.